The fraction of sp³-hybridized carbons (Fsp3) is 0.545. The molecule has 29 heavy (non-hydrogen) atoms. The molecule has 1 aromatic heterocycles. The zero-order chi connectivity index (χ0) is 20.6. The van der Waals surface area contributed by atoms with Gasteiger partial charge < -0.3 is 10.6 Å². The molecule has 1 aliphatic heterocycles. The Morgan fingerprint density at radius 3 is 2.66 bits per heavy atom. The SMILES string of the molecule is CCc1nc(CN2CCC(CNC(=NC)NC(C)c3ccc(Cl)cc3)CC2)cs1. The van der Waals surface area contributed by atoms with Crippen LogP contribution in [0.1, 0.15) is 49.0 Å². The highest BCUT2D eigenvalue weighted by Crippen LogP contribution is 2.20. The summed E-state index contributed by atoms with van der Waals surface area (Å²) in [6, 6.07) is 8.12. The summed E-state index contributed by atoms with van der Waals surface area (Å²) in [5.41, 5.74) is 2.42. The number of aryl methyl sites for hydroxylation is 1. The number of halogens is 1. The first-order valence-electron chi connectivity index (χ1n) is 10.5. The van der Waals surface area contributed by atoms with Crippen molar-refractivity contribution in [3.8, 4) is 0 Å². The van der Waals surface area contributed by atoms with Crippen LogP contribution in [-0.4, -0.2) is 42.5 Å². The van der Waals surface area contributed by atoms with Gasteiger partial charge in [0.1, 0.15) is 0 Å². The highest BCUT2D eigenvalue weighted by molar-refractivity contribution is 7.09. The molecule has 1 atom stereocenters. The number of piperidine rings is 1. The van der Waals surface area contributed by atoms with Gasteiger partial charge in [0.2, 0.25) is 0 Å². The minimum atomic E-state index is 0.173. The predicted molar refractivity (Wildman–Crippen MR) is 124 cm³/mol. The normalized spacial score (nSPS) is 17.3. The van der Waals surface area contributed by atoms with Crippen molar-refractivity contribution < 1.29 is 0 Å². The maximum absolute atomic E-state index is 5.99. The molecule has 5 nitrogen and oxygen atoms in total. The monoisotopic (exact) mass is 433 g/mol. The van der Waals surface area contributed by atoms with Crippen molar-refractivity contribution in [2.75, 3.05) is 26.7 Å². The third kappa shape index (κ3) is 6.69. The van der Waals surface area contributed by atoms with Gasteiger partial charge in [-0.15, -0.1) is 11.3 Å². The molecule has 1 saturated heterocycles. The number of nitrogens with one attached hydrogen (secondary N) is 2. The van der Waals surface area contributed by atoms with Gasteiger partial charge in [0.25, 0.3) is 0 Å². The molecule has 2 heterocycles. The number of guanidine groups is 1. The van der Waals surface area contributed by atoms with Crippen molar-refractivity contribution in [1.82, 2.24) is 20.5 Å². The first kappa shape index (κ1) is 22.1. The number of hydrogen-bond acceptors (Lipinski definition) is 4. The second-order valence-corrected chi connectivity index (χ2v) is 9.06. The lowest BCUT2D eigenvalue weighted by Crippen LogP contribution is -2.43. The Morgan fingerprint density at radius 2 is 2.03 bits per heavy atom. The van der Waals surface area contributed by atoms with Gasteiger partial charge in [0, 0.05) is 30.5 Å². The average Bonchev–Trinajstić information content (AvgIpc) is 3.20. The quantitative estimate of drug-likeness (QED) is 0.498. The van der Waals surface area contributed by atoms with Gasteiger partial charge in [0.15, 0.2) is 5.96 Å². The fourth-order valence-electron chi connectivity index (χ4n) is 3.64. The number of thiazole rings is 1. The van der Waals surface area contributed by atoms with Crippen LogP contribution in [0.25, 0.3) is 0 Å². The van der Waals surface area contributed by atoms with Gasteiger partial charge in [-0.2, -0.15) is 0 Å². The zero-order valence-corrected chi connectivity index (χ0v) is 19.2. The minimum Gasteiger partial charge on any atom is -0.356 e. The van der Waals surface area contributed by atoms with Crippen LogP contribution in [0.5, 0.6) is 0 Å². The lowest BCUT2D eigenvalue weighted by Gasteiger charge is -2.32. The van der Waals surface area contributed by atoms with Crippen LogP contribution in [0.15, 0.2) is 34.6 Å². The van der Waals surface area contributed by atoms with Crippen molar-refractivity contribution in [1.29, 1.82) is 0 Å². The molecule has 0 aliphatic carbocycles. The molecule has 2 N–H and O–H groups in total. The second-order valence-electron chi connectivity index (χ2n) is 7.68. The topological polar surface area (TPSA) is 52.6 Å². The van der Waals surface area contributed by atoms with E-state index in [1.807, 2.05) is 19.2 Å². The lowest BCUT2D eigenvalue weighted by molar-refractivity contribution is 0.176. The molecule has 3 rings (SSSR count). The largest absolute Gasteiger partial charge is 0.356 e. The summed E-state index contributed by atoms with van der Waals surface area (Å²) >= 11 is 7.77. The van der Waals surface area contributed by atoms with Gasteiger partial charge in [-0.05, 0) is 62.9 Å². The number of aliphatic imine (C=N–C) groups is 1. The Balaban J connectivity index is 1.39. The van der Waals surface area contributed by atoms with Gasteiger partial charge in [-0.3, -0.25) is 9.89 Å². The van der Waals surface area contributed by atoms with E-state index in [0.717, 1.165) is 43.6 Å². The van der Waals surface area contributed by atoms with E-state index < -0.39 is 0 Å². The number of rotatable bonds is 7. The maximum atomic E-state index is 5.99. The summed E-state index contributed by atoms with van der Waals surface area (Å²) in [6.45, 7) is 8.52. The summed E-state index contributed by atoms with van der Waals surface area (Å²) in [5.74, 6) is 1.53. The summed E-state index contributed by atoms with van der Waals surface area (Å²) < 4.78 is 0. The molecule has 1 unspecified atom stereocenters. The van der Waals surface area contributed by atoms with E-state index in [1.165, 1.54) is 29.1 Å². The average molecular weight is 434 g/mol. The van der Waals surface area contributed by atoms with Crippen LogP contribution in [0.2, 0.25) is 5.02 Å². The summed E-state index contributed by atoms with van der Waals surface area (Å²) in [4.78, 5) is 11.6. The summed E-state index contributed by atoms with van der Waals surface area (Å²) in [7, 11) is 1.82. The van der Waals surface area contributed by atoms with Crippen molar-refractivity contribution in [3.63, 3.8) is 0 Å². The van der Waals surface area contributed by atoms with Crippen LogP contribution in [0, 0.1) is 5.92 Å². The molecule has 2 aromatic rings. The molecule has 1 aromatic carbocycles. The second kappa shape index (κ2) is 11.0. The molecule has 1 fully saturated rings. The maximum Gasteiger partial charge on any atom is 0.191 e. The molecule has 7 heteroatoms. The zero-order valence-electron chi connectivity index (χ0n) is 17.6. The van der Waals surface area contributed by atoms with Crippen LogP contribution in [0.3, 0.4) is 0 Å². The van der Waals surface area contributed by atoms with Crippen molar-refractivity contribution in [2.45, 2.75) is 45.7 Å². The standard InChI is InChI=1S/C22H32ClN5S/c1-4-21-27-20(15-29-21)14-28-11-9-17(10-12-28)13-25-22(24-3)26-16(2)18-5-7-19(23)8-6-18/h5-8,15-17H,4,9-14H2,1-3H3,(H2,24,25,26). The summed E-state index contributed by atoms with van der Waals surface area (Å²) in [5, 5.41) is 11.2. The van der Waals surface area contributed by atoms with E-state index in [-0.39, 0.29) is 6.04 Å². The molecule has 0 amide bonds. The van der Waals surface area contributed by atoms with Crippen LogP contribution < -0.4 is 10.6 Å². The smallest absolute Gasteiger partial charge is 0.191 e. The highest BCUT2D eigenvalue weighted by atomic mass is 35.5. The molecule has 0 bridgehead atoms. The number of likely N-dealkylation sites (tertiary alicyclic amines) is 1. The number of nitrogens with zero attached hydrogens (tertiary/aromatic N) is 3. The first-order valence-corrected chi connectivity index (χ1v) is 11.7. The molecular weight excluding hydrogens is 402 g/mol. The van der Waals surface area contributed by atoms with Gasteiger partial charge in [-0.1, -0.05) is 30.7 Å². The predicted octanol–water partition coefficient (Wildman–Crippen LogP) is 4.50. The van der Waals surface area contributed by atoms with Gasteiger partial charge >= 0.3 is 0 Å². The Kier molecular flexibility index (Phi) is 8.33. The molecule has 0 radical (unpaired) electrons. The number of benzene rings is 1. The van der Waals surface area contributed by atoms with E-state index in [0.29, 0.717) is 5.92 Å². The fourth-order valence-corrected chi connectivity index (χ4v) is 4.50. The Hall–Kier alpha value is -1.63. The molecule has 1 aliphatic rings. The first-order chi connectivity index (χ1) is 14.1. The summed E-state index contributed by atoms with van der Waals surface area (Å²) in [6.07, 6.45) is 3.45. The molecular formula is C22H32ClN5S. The van der Waals surface area contributed by atoms with Gasteiger partial charge in [-0.25, -0.2) is 4.98 Å². The van der Waals surface area contributed by atoms with Crippen molar-refractivity contribution >= 4 is 28.9 Å². The Bertz CT molecular complexity index is 781. The van der Waals surface area contributed by atoms with E-state index in [2.05, 4.69) is 51.9 Å². The van der Waals surface area contributed by atoms with Crippen molar-refractivity contribution in [2.24, 2.45) is 10.9 Å². The number of hydrogen-bond donors (Lipinski definition) is 2. The Morgan fingerprint density at radius 1 is 1.31 bits per heavy atom. The molecule has 0 saturated carbocycles. The van der Waals surface area contributed by atoms with Crippen molar-refractivity contribution in [3.05, 3.63) is 50.9 Å². The van der Waals surface area contributed by atoms with E-state index in [1.54, 1.807) is 11.3 Å². The highest BCUT2D eigenvalue weighted by Gasteiger charge is 2.20. The van der Waals surface area contributed by atoms with E-state index in [4.69, 9.17) is 16.6 Å². The van der Waals surface area contributed by atoms with Crippen LogP contribution in [-0.2, 0) is 13.0 Å². The van der Waals surface area contributed by atoms with E-state index in [9.17, 15) is 0 Å². The molecule has 0 spiro atoms. The molecule has 158 valence electrons. The lowest BCUT2D eigenvalue weighted by atomic mass is 9.97. The number of aromatic nitrogens is 1. The Labute approximate surface area is 183 Å². The van der Waals surface area contributed by atoms with Gasteiger partial charge in [0.05, 0.1) is 16.7 Å². The van der Waals surface area contributed by atoms with Crippen LogP contribution in [0.4, 0.5) is 0 Å². The van der Waals surface area contributed by atoms with Crippen LogP contribution >= 0.6 is 22.9 Å². The third-order valence-corrected chi connectivity index (χ3v) is 6.79. The van der Waals surface area contributed by atoms with E-state index >= 15 is 0 Å². The minimum absolute atomic E-state index is 0.173. The third-order valence-electron chi connectivity index (χ3n) is 5.50.